The van der Waals surface area contributed by atoms with Crippen molar-refractivity contribution in [3.63, 3.8) is 0 Å². The standard InChI is InChI=1S/C26H27N3O3/c30-23-13-11-22(12-14-23)28-15-17-29(18-16-28)25(31)19-24(20-7-3-1-4-8-20)27-26(32)21-9-5-2-6-10-21/h1-14,24,30H,15-19H2,(H,27,32). The molecule has 0 spiro atoms. The molecule has 6 heteroatoms. The van der Waals surface area contributed by atoms with E-state index in [9.17, 15) is 14.7 Å². The molecule has 1 fully saturated rings. The number of benzene rings is 3. The van der Waals surface area contributed by atoms with E-state index in [4.69, 9.17) is 0 Å². The Bertz CT molecular complexity index is 1030. The van der Waals surface area contributed by atoms with Crippen molar-refractivity contribution in [2.45, 2.75) is 12.5 Å². The van der Waals surface area contributed by atoms with Crippen molar-refractivity contribution < 1.29 is 14.7 Å². The van der Waals surface area contributed by atoms with Gasteiger partial charge in [-0.3, -0.25) is 9.59 Å². The number of nitrogens with one attached hydrogen (secondary N) is 1. The molecule has 2 amide bonds. The Kier molecular flexibility index (Phi) is 6.70. The summed E-state index contributed by atoms with van der Waals surface area (Å²) < 4.78 is 0. The first-order chi connectivity index (χ1) is 15.6. The minimum absolute atomic E-state index is 0.0255. The van der Waals surface area contributed by atoms with Gasteiger partial charge in [0.15, 0.2) is 0 Å². The van der Waals surface area contributed by atoms with Gasteiger partial charge in [-0.2, -0.15) is 0 Å². The summed E-state index contributed by atoms with van der Waals surface area (Å²) in [4.78, 5) is 29.9. The smallest absolute Gasteiger partial charge is 0.251 e. The second kappa shape index (κ2) is 10.0. The van der Waals surface area contributed by atoms with Crippen LogP contribution in [0.5, 0.6) is 5.75 Å². The molecule has 1 aliphatic rings. The zero-order valence-corrected chi connectivity index (χ0v) is 17.9. The van der Waals surface area contributed by atoms with Gasteiger partial charge in [-0.1, -0.05) is 48.5 Å². The Labute approximate surface area is 188 Å². The molecule has 164 valence electrons. The SMILES string of the molecule is O=C(NC(CC(=O)N1CCN(c2ccc(O)cc2)CC1)c1ccccc1)c1ccccc1. The van der Waals surface area contributed by atoms with E-state index in [0.29, 0.717) is 18.7 Å². The van der Waals surface area contributed by atoms with Crippen LogP contribution in [0.3, 0.4) is 0 Å². The number of anilines is 1. The van der Waals surface area contributed by atoms with Crippen molar-refractivity contribution in [2.24, 2.45) is 0 Å². The molecule has 1 atom stereocenters. The van der Waals surface area contributed by atoms with Gasteiger partial charge >= 0.3 is 0 Å². The number of hydrogen-bond donors (Lipinski definition) is 2. The van der Waals surface area contributed by atoms with Gasteiger partial charge < -0.3 is 20.2 Å². The highest BCUT2D eigenvalue weighted by molar-refractivity contribution is 5.94. The maximum Gasteiger partial charge on any atom is 0.251 e. The first-order valence-electron chi connectivity index (χ1n) is 10.8. The van der Waals surface area contributed by atoms with Gasteiger partial charge in [0.2, 0.25) is 5.91 Å². The molecule has 4 rings (SSSR count). The van der Waals surface area contributed by atoms with Gasteiger partial charge in [0.25, 0.3) is 5.91 Å². The van der Waals surface area contributed by atoms with Gasteiger partial charge in [-0.05, 0) is 42.0 Å². The number of nitrogens with zero attached hydrogens (tertiary/aromatic N) is 2. The molecule has 6 nitrogen and oxygen atoms in total. The third-order valence-corrected chi connectivity index (χ3v) is 5.77. The van der Waals surface area contributed by atoms with Crippen LogP contribution in [0.1, 0.15) is 28.4 Å². The maximum absolute atomic E-state index is 13.1. The Morgan fingerprint density at radius 2 is 1.41 bits per heavy atom. The van der Waals surface area contributed by atoms with Crippen molar-refractivity contribution in [3.8, 4) is 5.75 Å². The van der Waals surface area contributed by atoms with Gasteiger partial charge in [0, 0.05) is 37.4 Å². The third kappa shape index (κ3) is 5.27. The van der Waals surface area contributed by atoms with Crippen LogP contribution < -0.4 is 10.2 Å². The Morgan fingerprint density at radius 1 is 0.812 bits per heavy atom. The normalized spacial score (nSPS) is 14.6. The van der Waals surface area contributed by atoms with E-state index in [1.807, 2.05) is 65.6 Å². The Balaban J connectivity index is 1.40. The number of amides is 2. The predicted octanol–water partition coefficient (Wildman–Crippen LogP) is 3.60. The van der Waals surface area contributed by atoms with Crippen LogP contribution in [0.2, 0.25) is 0 Å². The summed E-state index contributed by atoms with van der Waals surface area (Å²) in [5.74, 6) is 0.0778. The zero-order valence-electron chi connectivity index (χ0n) is 17.9. The average molecular weight is 430 g/mol. The van der Waals surface area contributed by atoms with Crippen LogP contribution in [-0.4, -0.2) is 48.0 Å². The molecule has 2 N–H and O–H groups in total. The number of phenols is 1. The fourth-order valence-electron chi connectivity index (χ4n) is 3.95. The van der Waals surface area contributed by atoms with E-state index < -0.39 is 6.04 Å². The third-order valence-electron chi connectivity index (χ3n) is 5.77. The lowest BCUT2D eigenvalue weighted by Crippen LogP contribution is -2.49. The number of carbonyl (C=O) groups is 2. The first-order valence-corrected chi connectivity index (χ1v) is 10.8. The fourth-order valence-corrected chi connectivity index (χ4v) is 3.95. The molecular formula is C26H27N3O3. The van der Waals surface area contributed by atoms with Crippen molar-refractivity contribution >= 4 is 17.5 Å². The number of piperazine rings is 1. The number of hydrogen-bond acceptors (Lipinski definition) is 4. The van der Waals surface area contributed by atoms with Crippen LogP contribution in [-0.2, 0) is 4.79 Å². The number of phenolic OH excluding ortho intramolecular Hbond substituents is 1. The molecule has 32 heavy (non-hydrogen) atoms. The topological polar surface area (TPSA) is 72.9 Å². The van der Waals surface area contributed by atoms with Crippen molar-refractivity contribution in [1.29, 1.82) is 0 Å². The predicted molar refractivity (Wildman–Crippen MR) is 125 cm³/mol. The van der Waals surface area contributed by atoms with Gasteiger partial charge in [0.1, 0.15) is 5.75 Å². The van der Waals surface area contributed by atoms with Gasteiger partial charge in [0.05, 0.1) is 12.5 Å². The van der Waals surface area contributed by atoms with Crippen LogP contribution in [0.25, 0.3) is 0 Å². The summed E-state index contributed by atoms with van der Waals surface area (Å²) in [6.45, 7) is 2.69. The van der Waals surface area contributed by atoms with Crippen LogP contribution in [0.15, 0.2) is 84.9 Å². The molecule has 0 saturated carbocycles. The molecule has 1 heterocycles. The molecular weight excluding hydrogens is 402 g/mol. The van der Waals surface area contributed by atoms with Crippen molar-refractivity contribution in [3.05, 3.63) is 96.1 Å². The van der Waals surface area contributed by atoms with Crippen LogP contribution in [0, 0.1) is 0 Å². The summed E-state index contributed by atoms with van der Waals surface area (Å²) in [5.41, 5.74) is 2.52. The highest BCUT2D eigenvalue weighted by atomic mass is 16.3. The lowest BCUT2D eigenvalue weighted by atomic mass is 10.0. The first kappa shape index (κ1) is 21.4. The number of rotatable bonds is 6. The number of carbonyl (C=O) groups excluding carboxylic acids is 2. The van der Waals surface area contributed by atoms with Gasteiger partial charge in [-0.25, -0.2) is 0 Å². The Hall–Kier alpha value is -3.80. The number of aromatic hydroxyl groups is 1. The maximum atomic E-state index is 13.1. The molecule has 0 radical (unpaired) electrons. The molecule has 0 aromatic heterocycles. The zero-order chi connectivity index (χ0) is 22.3. The van der Waals surface area contributed by atoms with E-state index in [-0.39, 0.29) is 24.0 Å². The highest BCUT2D eigenvalue weighted by Gasteiger charge is 2.25. The second-order valence-corrected chi connectivity index (χ2v) is 7.89. The molecule has 3 aromatic rings. The van der Waals surface area contributed by atoms with Crippen molar-refractivity contribution in [2.75, 3.05) is 31.1 Å². The van der Waals surface area contributed by atoms with E-state index >= 15 is 0 Å². The fraction of sp³-hybridized carbons (Fsp3) is 0.231. The summed E-state index contributed by atoms with van der Waals surface area (Å²) in [6.07, 6.45) is 0.210. The van der Waals surface area contributed by atoms with Crippen LogP contribution in [0.4, 0.5) is 5.69 Å². The minimum Gasteiger partial charge on any atom is -0.508 e. The lowest BCUT2D eigenvalue weighted by Gasteiger charge is -2.36. The molecule has 3 aromatic carbocycles. The molecule has 0 bridgehead atoms. The summed E-state index contributed by atoms with van der Waals surface area (Å²) in [5, 5.41) is 12.5. The van der Waals surface area contributed by atoms with Crippen molar-refractivity contribution in [1.82, 2.24) is 10.2 Å². The molecule has 1 saturated heterocycles. The lowest BCUT2D eigenvalue weighted by molar-refractivity contribution is -0.132. The molecule has 1 aliphatic heterocycles. The Morgan fingerprint density at radius 3 is 2.03 bits per heavy atom. The van der Waals surface area contributed by atoms with Crippen LogP contribution >= 0.6 is 0 Å². The van der Waals surface area contributed by atoms with E-state index in [2.05, 4.69) is 10.2 Å². The average Bonchev–Trinajstić information content (AvgIpc) is 2.85. The van der Waals surface area contributed by atoms with E-state index in [1.54, 1.807) is 24.3 Å². The minimum atomic E-state index is -0.397. The van der Waals surface area contributed by atoms with E-state index in [0.717, 1.165) is 24.3 Å². The summed E-state index contributed by atoms with van der Waals surface area (Å²) in [6, 6.07) is 25.4. The highest BCUT2D eigenvalue weighted by Crippen LogP contribution is 2.22. The summed E-state index contributed by atoms with van der Waals surface area (Å²) >= 11 is 0. The molecule has 0 aliphatic carbocycles. The summed E-state index contributed by atoms with van der Waals surface area (Å²) in [7, 11) is 0. The van der Waals surface area contributed by atoms with Gasteiger partial charge in [-0.15, -0.1) is 0 Å². The van der Waals surface area contributed by atoms with E-state index in [1.165, 1.54) is 0 Å². The largest absolute Gasteiger partial charge is 0.508 e. The monoisotopic (exact) mass is 429 g/mol. The quantitative estimate of drug-likeness (QED) is 0.628. The second-order valence-electron chi connectivity index (χ2n) is 7.89. The molecule has 1 unspecified atom stereocenters.